The van der Waals surface area contributed by atoms with E-state index in [4.69, 9.17) is 10.4 Å². The molecular weight excluding hydrogens is 238 g/mol. The zero-order chi connectivity index (χ0) is 13.4. The van der Waals surface area contributed by atoms with E-state index in [0.717, 1.165) is 5.56 Å². The van der Waals surface area contributed by atoms with Crippen molar-refractivity contribution < 1.29 is 13.9 Å². The first-order valence-electron chi connectivity index (χ1n) is 5.74. The zero-order valence-corrected chi connectivity index (χ0v) is 9.97. The van der Waals surface area contributed by atoms with Crippen molar-refractivity contribution in [3.05, 3.63) is 35.9 Å². The van der Waals surface area contributed by atoms with E-state index in [1.807, 2.05) is 12.1 Å². The van der Waals surface area contributed by atoms with Crippen molar-refractivity contribution in [2.75, 3.05) is 19.7 Å². The predicted molar refractivity (Wildman–Crippen MR) is 64.1 cm³/mol. The largest absolute Gasteiger partial charge is 0.395 e. The van der Waals surface area contributed by atoms with Gasteiger partial charge in [-0.1, -0.05) is 30.3 Å². The topological polar surface area (TPSA) is 47.3 Å². The van der Waals surface area contributed by atoms with Crippen molar-refractivity contribution in [2.45, 2.75) is 18.9 Å². The van der Waals surface area contributed by atoms with Crippen molar-refractivity contribution in [3.8, 4) is 6.07 Å². The molecule has 0 fully saturated rings. The summed E-state index contributed by atoms with van der Waals surface area (Å²) in [7, 11) is 0. The van der Waals surface area contributed by atoms with Crippen LogP contribution in [0.5, 0.6) is 0 Å². The summed E-state index contributed by atoms with van der Waals surface area (Å²) in [4.78, 5) is 1.45. The maximum Gasteiger partial charge on any atom is 0.251 e. The Morgan fingerprint density at radius 3 is 2.44 bits per heavy atom. The molecule has 0 spiro atoms. The molecule has 0 aliphatic carbocycles. The molecular formula is C13H16F2N2O. The van der Waals surface area contributed by atoms with Gasteiger partial charge in [-0.15, -0.1) is 0 Å². The van der Waals surface area contributed by atoms with Gasteiger partial charge in [0.15, 0.2) is 0 Å². The molecule has 0 amide bonds. The first kappa shape index (κ1) is 14.6. The van der Waals surface area contributed by atoms with Gasteiger partial charge >= 0.3 is 0 Å². The van der Waals surface area contributed by atoms with E-state index in [-0.39, 0.29) is 19.6 Å². The van der Waals surface area contributed by atoms with Crippen LogP contribution in [-0.4, -0.2) is 36.1 Å². The minimum absolute atomic E-state index is 0.122. The number of benzene rings is 1. The van der Waals surface area contributed by atoms with Crippen LogP contribution in [0.2, 0.25) is 0 Å². The molecule has 0 aliphatic rings. The third-order valence-electron chi connectivity index (χ3n) is 2.67. The summed E-state index contributed by atoms with van der Waals surface area (Å²) in [6, 6.07) is 10.7. The minimum Gasteiger partial charge on any atom is -0.395 e. The van der Waals surface area contributed by atoms with Crippen LogP contribution < -0.4 is 0 Å². The lowest BCUT2D eigenvalue weighted by Gasteiger charge is -2.29. The Hall–Kier alpha value is -1.51. The van der Waals surface area contributed by atoms with Crippen LogP contribution in [0.3, 0.4) is 0 Å². The van der Waals surface area contributed by atoms with Gasteiger partial charge in [-0.05, 0) is 5.56 Å². The summed E-state index contributed by atoms with van der Waals surface area (Å²) < 4.78 is 25.0. The molecule has 1 aromatic carbocycles. The summed E-state index contributed by atoms with van der Waals surface area (Å²) in [6.07, 6.45) is -2.36. The van der Waals surface area contributed by atoms with Crippen LogP contribution in [0.15, 0.2) is 30.3 Å². The molecule has 0 saturated heterocycles. The van der Waals surface area contributed by atoms with Crippen molar-refractivity contribution in [2.24, 2.45) is 0 Å². The Morgan fingerprint density at radius 1 is 1.28 bits per heavy atom. The van der Waals surface area contributed by atoms with Gasteiger partial charge in [-0.2, -0.15) is 5.26 Å². The van der Waals surface area contributed by atoms with Gasteiger partial charge < -0.3 is 5.11 Å². The van der Waals surface area contributed by atoms with E-state index in [0.29, 0.717) is 0 Å². The maximum atomic E-state index is 12.5. The first-order chi connectivity index (χ1) is 8.69. The van der Waals surface area contributed by atoms with Gasteiger partial charge in [0.1, 0.15) is 0 Å². The third-order valence-corrected chi connectivity index (χ3v) is 2.67. The molecule has 1 N–H and O–H groups in total. The van der Waals surface area contributed by atoms with Crippen LogP contribution in [0.1, 0.15) is 18.0 Å². The SMILES string of the molecule is N#CCC(c1ccccc1)N(CCO)CC(F)F. The number of hydrogen-bond donors (Lipinski definition) is 1. The number of rotatable bonds is 7. The van der Waals surface area contributed by atoms with Gasteiger partial charge in [0, 0.05) is 12.6 Å². The molecule has 98 valence electrons. The Balaban J connectivity index is 2.90. The van der Waals surface area contributed by atoms with E-state index in [9.17, 15) is 8.78 Å². The van der Waals surface area contributed by atoms with Gasteiger partial charge in [0.05, 0.1) is 25.6 Å². The molecule has 1 atom stereocenters. The number of alkyl halides is 2. The second-order valence-electron chi connectivity index (χ2n) is 3.90. The monoisotopic (exact) mass is 254 g/mol. The van der Waals surface area contributed by atoms with Crippen molar-refractivity contribution in [1.82, 2.24) is 4.90 Å². The lowest BCUT2D eigenvalue weighted by atomic mass is 10.0. The number of aliphatic hydroxyl groups is 1. The fourth-order valence-electron chi connectivity index (χ4n) is 1.90. The number of nitrogens with zero attached hydrogens (tertiary/aromatic N) is 2. The van der Waals surface area contributed by atoms with Crippen molar-refractivity contribution in [3.63, 3.8) is 0 Å². The summed E-state index contributed by atoms with van der Waals surface area (Å²) in [5, 5.41) is 17.8. The van der Waals surface area contributed by atoms with Gasteiger partial charge in [0.25, 0.3) is 6.43 Å². The molecule has 1 unspecified atom stereocenters. The predicted octanol–water partition coefficient (Wildman–Crippen LogP) is 2.20. The number of hydrogen-bond acceptors (Lipinski definition) is 3. The van der Waals surface area contributed by atoms with Crippen molar-refractivity contribution >= 4 is 0 Å². The Labute approximate surface area is 105 Å². The average molecular weight is 254 g/mol. The quantitative estimate of drug-likeness (QED) is 0.811. The Kier molecular flexibility index (Phi) is 6.26. The summed E-state index contributed by atoms with van der Waals surface area (Å²) in [5.74, 6) is 0. The fraction of sp³-hybridized carbons (Fsp3) is 0.462. The molecule has 0 radical (unpaired) electrons. The standard InChI is InChI=1S/C13H16F2N2O/c14-13(15)10-17(8-9-18)12(6-7-16)11-4-2-1-3-5-11/h1-5,12-13,18H,6,8-10H2. The molecule has 1 rings (SSSR count). The number of nitriles is 1. The summed E-state index contributed by atoms with van der Waals surface area (Å²) in [5.41, 5.74) is 0.813. The van der Waals surface area contributed by atoms with Crippen molar-refractivity contribution in [1.29, 1.82) is 5.26 Å². The van der Waals surface area contributed by atoms with Gasteiger partial charge in [0.2, 0.25) is 0 Å². The van der Waals surface area contributed by atoms with E-state index < -0.39 is 19.0 Å². The third kappa shape index (κ3) is 4.40. The van der Waals surface area contributed by atoms with Gasteiger partial charge in [-0.3, -0.25) is 4.90 Å². The van der Waals surface area contributed by atoms with E-state index in [2.05, 4.69) is 0 Å². The van der Waals surface area contributed by atoms with Crippen LogP contribution in [0.25, 0.3) is 0 Å². The molecule has 0 aromatic heterocycles. The summed E-state index contributed by atoms with van der Waals surface area (Å²) in [6.45, 7) is -0.519. The molecule has 0 aliphatic heterocycles. The second-order valence-corrected chi connectivity index (χ2v) is 3.90. The summed E-state index contributed by atoms with van der Waals surface area (Å²) >= 11 is 0. The molecule has 0 saturated carbocycles. The smallest absolute Gasteiger partial charge is 0.251 e. The normalized spacial score (nSPS) is 12.7. The lowest BCUT2D eigenvalue weighted by molar-refractivity contribution is 0.0551. The molecule has 5 heteroatoms. The van der Waals surface area contributed by atoms with Crippen LogP contribution in [0.4, 0.5) is 8.78 Å². The number of halogens is 2. The average Bonchev–Trinajstić information content (AvgIpc) is 2.36. The fourth-order valence-corrected chi connectivity index (χ4v) is 1.90. The van der Waals surface area contributed by atoms with E-state index in [1.54, 1.807) is 24.3 Å². The Morgan fingerprint density at radius 2 is 1.94 bits per heavy atom. The number of aliphatic hydroxyl groups excluding tert-OH is 1. The highest BCUT2D eigenvalue weighted by molar-refractivity contribution is 5.20. The highest BCUT2D eigenvalue weighted by Crippen LogP contribution is 2.24. The highest BCUT2D eigenvalue weighted by Gasteiger charge is 2.22. The second kappa shape index (κ2) is 7.75. The van der Waals surface area contributed by atoms with Crippen LogP contribution in [0, 0.1) is 11.3 Å². The lowest BCUT2D eigenvalue weighted by Crippen LogP contribution is -2.35. The molecule has 0 heterocycles. The molecule has 18 heavy (non-hydrogen) atoms. The maximum absolute atomic E-state index is 12.5. The zero-order valence-electron chi connectivity index (χ0n) is 9.97. The molecule has 1 aromatic rings. The highest BCUT2D eigenvalue weighted by atomic mass is 19.3. The van der Waals surface area contributed by atoms with E-state index >= 15 is 0 Å². The first-order valence-corrected chi connectivity index (χ1v) is 5.74. The molecule has 3 nitrogen and oxygen atoms in total. The van der Waals surface area contributed by atoms with Crippen LogP contribution in [-0.2, 0) is 0 Å². The minimum atomic E-state index is -2.48. The Bertz CT molecular complexity index is 378. The molecule has 0 bridgehead atoms. The van der Waals surface area contributed by atoms with Gasteiger partial charge in [-0.25, -0.2) is 8.78 Å². The van der Waals surface area contributed by atoms with Crippen LogP contribution >= 0.6 is 0 Å². The van der Waals surface area contributed by atoms with E-state index in [1.165, 1.54) is 4.90 Å².